The van der Waals surface area contributed by atoms with E-state index in [0.29, 0.717) is 62.9 Å². The van der Waals surface area contributed by atoms with Gasteiger partial charge in [0.25, 0.3) is 11.8 Å². The molecule has 8 N–H and O–H groups in total. The minimum absolute atomic E-state index is 0.0219. The van der Waals surface area contributed by atoms with Crippen LogP contribution in [0.5, 0.6) is 34.5 Å². The molecule has 3 atom stereocenters. The number of nitrogens with one attached hydrogen (secondary N) is 2. The lowest BCUT2D eigenvalue weighted by atomic mass is 9.94. The number of ether oxygens (including phenoxy) is 1. The first-order valence-corrected chi connectivity index (χ1v) is 21.5. The molecule has 3 aromatic rings. The van der Waals surface area contributed by atoms with Gasteiger partial charge in [-0.3, -0.25) is 19.2 Å². The van der Waals surface area contributed by atoms with Crippen molar-refractivity contribution in [2.75, 3.05) is 51.3 Å². The SMILES string of the molecule is CCC(Cc1cccc(O)c1O)C(=O)N(CCCNC(=O)c1cccc(O)c1O)CCCN(CCCCNC(=O)CCSC)C(=O)[C@H]1N=C(c2cccc(O)c2O)OC1C. The third-order valence-electron chi connectivity index (χ3n) is 10.2. The molecular weight excluding hydrogens is 795 g/mol. The van der Waals surface area contributed by atoms with E-state index >= 15 is 0 Å². The minimum atomic E-state index is -0.959. The summed E-state index contributed by atoms with van der Waals surface area (Å²) >= 11 is 1.59. The first kappa shape index (κ1) is 46.8. The second-order valence-electron chi connectivity index (χ2n) is 14.6. The molecular formula is C43H57N5O11S. The zero-order valence-corrected chi connectivity index (χ0v) is 35.1. The third-order valence-corrected chi connectivity index (χ3v) is 10.9. The van der Waals surface area contributed by atoms with Crippen molar-refractivity contribution in [3.63, 3.8) is 0 Å². The van der Waals surface area contributed by atoms with Crippen LogP contribution in [-0.4, -0.2) is 133 Å². The van der Waals surface area contributed by atoms with E-state index in [1.54, 1.807) is 40.6 Å². The van der Waals surface area contributed by atoms with Crippen LogP contribution >= 0.6 is 11.8 Å². The van der Waals surface area contributed by atoms with Gasteiger partial charge in [-0.05, 0) is 87.6 Å². The summed E-state index contributed by atoms with van der Waals surface area (Å²) in [6.45, 7) is 5.10. The number of rotatable bonds is 23. The van der Waals surface area contributed by atoms with E-state index in [-0.39, 0.29) is 84.6 Å². The van der Waals surface area contributed by atoms with Gasteiger partial charge >= 0.3 is 0 Å². The quantitative estimate of drug-likeness (QED) is 0.0494. The van der Waals surface area contributed by atoms with Gasteiger partial charge in [-0.25, -0.2) is 4.99 Å². The standard InChI is InChI=1S/C43H57N5O11S/c1-4-28(26-29-12-7-15-32(49)37(29)53)42(57)47(22-10-20-45-40(56)30-13-8-16-33(50)38(30)54)23-11-24-48(21-6-5-19-44-35(52)18-25-60-3)43(58)36-27(2)59-41(46-36)31-14-9-17-34(51)39(31)55/h7-9,12-17,27-28,36,49-51,53-55H,4-6,10-11,18-26H2,1-3H3,(H,44,52)(H,45,56)/t27?,28?,36-/m0/s1. The van der Waals surface area contributed by atoms with Crippen molar-refractivity contribution in [3.05, 3.63) is 71.3 Å². The molecule has 17 heteroatoms. The number of carbonyl (C=O) groups is 4. The number of amides is 4. The Balaban J connectivity index is 1.50. The van der Waals surface area contributed by atoms with Crippen LogP contribution in [0.2, 0.25) is 0 Å². The van der Waals surface area contributed by atoms with Gasteiger partial charge < -0.3 is 55.8 Å². The average molecular weight is 852 g/mol. The van der Waals surface area contributed by atoms with Crippen molar-refractivity contribution >= 4 is 41.3 Å². The molecule has 1 aliphatic rings. The van der Waals surface area contributed by atoms with E-state index in [4.69, 9.17) is 4.74 Å². The molecule has 0 saturated carbocycles. The lowest BCUT2D eigenvalue weighted by Gasteiger charge is -2.30. The van der Waals surface area contributed by atoms with Crippen LogP contribution in [0, 0.1) is 5.92 Å². The fraction of sp³-hybridized carbons (Fsp3) is 0.465. The number of para-hydroxylation sites is 3. The van der Waals surface area contributed by atoms with Crippen LogP contribution in [0.25, 0.3) is 0 Å². The second kappa shape index (κ2) is 23.1. The molecule has 2 unspecified atom stereocenters. The summed E-state index contributed by atoms with van der Waals surface area (Å²) in [4.78, 5) is 61.2. The number of thioether (sulfide) groups is 1. The van der Waals surface area contributed by atoms with Crippen molar-refractivity contribution in [2.24, 2.45) is 10.9 Å². The highest BCUT2D eigenvalue weighted by atomic mass is 32.2. The predicted octanol–water partition coefficient (Wildman–Crippen LogP) is 4.24. The number of carbonyl (C=O) groups excluding carboxylic acids is 4. The number of phenolic OH excluding ortho intramolecular Hbond substituents is 6. The number of aromatic hydroxyl groups is 6. The van der Waals surface area contributed by atoms with Crippen LogP contribution in [-0.2, 0) is 25.5 Å². The van der Waals surface area contributed by atoms with E-state index in [9.17, 15) is 49.8 Å². The maximum Gasteiger partial charge on any atom is 0.255 e. The number of hydrogen-bond donors (Lipinski definition) is 8. The summed E-state index contributed by atoms with van der Waals surface area (Å²) < 4.78 is 5.90. The normalized spacial score (nSPS) is 15.1. The molecule has 60 heavy (non-hydrogen) atoms. The molecule has 16 nitrogen and oxygen atoms in total. The molecule has 326 valence electrons. The topological polar surface area (TPSA) is 242 Å². The average Bonchev–Trinajstić information content (AvgIpc) is 3.62. The zero-order valence-electron chi connectivity index (χ0n) is 34.3. The Kier molecular flexibility index (Phi) is 18.0. The van der Waals surface area contributed by atoms with Crippen LogP contribution in [0.3, 0.4) is 0 Å². The summed E-state index contributed by atoms with van der Waals surface area (Å²) in [5.74, 6) is -3.36. The lowest BCUT2D eigenvalue weighted by molar-refractivity contribution is -0.136. The van der Waals surface area contributed by atoms with Crippen LogP contribution in [0.4, 0.5) is 0 Å². The molecule has 0 fully saturated rings. The summed E-state index contributed by atoms with van der Waals surface area (Å²) in [6.07, 6.45) is 4.08. The summed E-state index contributed by atoms with van der Waals surface area (Å²) in [5.41, 5.74) is 0.465. The third kappa shape index (κ3) is 12.8. The number of aliphatic imine (C=N–C) groups is 1. The van der Waals surface area contributed by atoms with Gasteiger partial charge in [0.05, 0.1) is 11.1 Å². The number of benzene rings is 3. The monoisotopic (exact) mass is 851 g/mol. The van der Waals surface area contributed by atoms with E-state index in [0.717, 1.165) is 0 Å². The largest absolute Gasteiger partial charge is 0.504 e. The molecule has 0 saturated heterocycles. The number of nitrogens with zero attached hydrogens (tertiary/aromatic N) is 3. The fourth-order valence-corrected chi connectivity index (χ4v) is 7.18. The molecule has 0 aliphatic carbocycles. The predicted molar refractivity (Wildman–Crippen MR) is 228 cm³/mol. The van der Waals surface area contributed by atoms with E-state index in [1.165, 1.54) is 42.5 Å². The molecule has 0 spiro atoms. The van der Waals surface area contributed by atoms with Crippen molar-refractivity contribution in [3.8, 4) is 34.5 Å². The first-order chi connectivity index (χ1) is 28.8. The minimum Gasteiger partial charge on any atom is -0.504 e. The first-order valence-electron chi connectivity index (χ1n) is 20.1. The second-order valence-corrected chi connectivity index (χ2v) is 15.5. The number of hydrogen-bond acceptors (Lipinski definition) is 13. The van der Waals surface area contributed by atoms with E-state index < -0.39 is 41.2 Å². The molecule has 0 radical (unpaired) electrons. The Morgan fingerprint density at radius 2 is 1.38 bits per heavy atom. The molecule has 0 bridgehead atoms. The van der Waals surface area contributed by atoms with Crippen molar-refractivity contribution < 1.29 is 54.6 Å². The van der Waals surface area contributed by atoms with Gasteiger partial charge in [-0.15, -0.1) is 0 Å². The maximum atomic E-state index is 14.2. The molecule has 0 aromatic heterocycles. The van der Waals surface area contributed by atoms with Gasteiger partial charge in [-0.2, -0.15) is 11.8 Å². The van der Waals surface area contributed by atoms with Crippen molar-refractivity contribution in [2.45, 2.75) is 70.9 Å². The zero-order chi connectivity index (χ0) is 43.8. The Morgan fingerprint density at radius 1 is 0.767 bits per heavy atom. The van der Waals surface area contributed by atoms with Gasteiger partial charge in [0.1, 0.15) is 6.10 Å². The molecule has 4 rings (SSSR count). The smallest absolute Gasteiger partial charge is 0.255 e. The van der Waals surface area contributed by atoms with Crippen LogP contribution < -0.4 is 10.6 Å². The van der Waals surface area contributed by atoms with E-state index in [2.05, 4.69) is 15.6 Å². The summed E-state index contributed by atoms with van der Waals surface area (Å²) in [6, 6.07) is 12.1. The van der Waals surface area contributed by atoms with Gasteiger partial charge in [0, 0.05) is 57.4 Å². The Morgan fingerprint density at radius 3 is 2.10 bits per heavy atom. The van der Waals surface area contributed by atoms with Crippen molar-refractivity contribution in [1.82, 2.24) is 20.4 Å². The Hall–Kier alpha value is -5.84. The van der Waals surface area contributed by atoms with Gasteiger partial charge in [-0.1, -0.05) is 31.2 Å². The highest BCUT2D eigenvalue weighted by Crippen LogP contribution is 2.33. The summed E-state index contributed by atoms with van der Waals surface area (Å²) in [5, 5.41) is 66.7. The molecule has 3 aromatic carbocycles. The molecule has 4 amide bonds. The molecule has 1 heterocycles. The van der Waals surface area contributed by atoms with Crippen LogP contribution in [0.1, 0.15) is 73.9 Å². The Bertz CT molecular complexity index is 1980. The highest BCUT2D eigenvalue weighted by Gasteiger charge is 2.37. The highest BCUT2D eigenvalue weighted by molar-refractivity contribution is 7.98. The van der Waals surface area contributed by atoms with E-state index in [1.807, 2.05) is 13.2 Å². The lowest BCUT2D eigenvalue weighted by Crippen LogP contribution is -2.44. The van der Waals surface area contributed by atoms with Crippen molar-refractivity contribution in [1.29, 1.82) is 0 Å². The summed E-state index contributed by atoms with van der Waals surface area (Å²) in [7, 11) is 0. The fourth-order valence-electron chi connectivity index (χ4n) is 6.79. The number of phenols is 6. The maximum absolute atomic E-state index is 14.2. The van der Waals surface area contributed by atoms with Crippen LogP contribution in [0.15, 0.2) is 59.6 Å². The Labute approximate surface area is 354 Å². The number of unbranched alkanes of at least 4 members (excludes halogenated alkanes) is 1. The van der Waals surface area contributed by atoms with Gasteiger partial charge in [0.2, 0.25) is 17.7 Å². The molecule has 1 aliphatic heterocycles. The van der Waals surface area contributed by atoms with Gasteiger partial charge in [0.15, 0.2) is 40.5 Å².